The van der Waals surface area contributed by atoms with E-state index in [1.807, 2.05) is 0 Å². The SMILES string of the molecule is CCCCCCCCCCCCCCCCCCCCCCCCC(O)C(CO)NC(=O)CCCCCCCCC/C=C\CCCCCCCCCCCCCCOC(=O)CCCCCCCCCCCCCCC. The highest BCUT2D eigenvalue weighted by Crippen LogP contribution is 2.19. The van der Waals surface area contributed by atoms with Crippen LogP contribution in [-0.4, -0.2) is 47.4 Å². The lowest BCUT2D eigenvalue weighted by molar-refractivity contribution is -0.143. The van der Waals surface area contributed by atoms with Gasteiger partial charge in [-0.2, -0.15) is 0 Å². The van der Waals surface area contributed by atoms with Crippen molar-refractivity contribution in [2.24, 2.45) is 0 Å². The summed E-state index contributed by atoms with van der Waals surface area (Å²) >= 11 is 0. The number of hydrogen-bond donors (Lipinski definition) is 3. The third-order valence-electron chi connectivity index (χ3n) is 16.3. The molecule has 75 heavy (non-hydrogen) atoms. The first kappa shape index (κ1) is 73.6. The maximum absolute atomic E-state index is 12.5. The monoisotopic (exact) mass is 1060 g/mol. The van der Waals surface area contributed by atoms with E-state index >= 15 is 0 Å². The zero-order valence-corrected chi connectivity index (χ0v) is 51.1. The minimum Gasteiger partial charge on any atom is -0.466 e. The number of nitrogens with one attached hydrogen (secondary N) is 1. The van der Waals surface area contributed by atoms with Gasteiger partial charge in [0, 0.05) is 12.8 Å². The number of unbranched alkanes of at least 4 members (excludes halogenated alkanes) is 52. The van der Waals surface area contributed by atoms with Crippen LogP contribution in [-0.2, 0) is 14.3 Å². The molecule has 0 spiro atoms. The Morgan fingerprint density at radius 2 is 0.627 bits per heavy atom. The lowest BCUT2D eigenvalue weighted by atomic mass is 10.0. The molecule has 446 valence electrons. The van der Waals surface area contributed by atoms with Crippen molar-refractivity contribution >= 4 is 11.9 Å². The molecule has 0 aromatic carbocycles. The van der Waals surface area contributed by atoms with Crippen molar-refractivity contribution in [3.05, 3.63) is 12.2 Å². The van der Waals surface area contributed by atoms with E-state index in [0.29, 0.717) is 25.9 Å². The first-order valence-corrected chi connectivity index (χ1v) is 34.4. The molecule has 0 aromatic heterocycles. The lowest BCUT2D eigenvalue weighted by Gasteiger charge is -2.22. The van der Waals surface area contributed by atoms with Gasteiger partial charge in [0.2, 0.25) is 5.91 Å². The quantitative estimate of drug-likeness (QED) is 0.0320. The Hall–Kier alpha value is -1.40. The highest BCUT2D eigenvalue weighted by molar-refractivity contribution is 5.76. The van der Waals surface area contributed by atoms with Gasteiger partial charge in [0.15, 0.2) is 0 Å². The van der Waals surface area contributed by atoms with Gasteiger partial charge in [-0.3, -0.25) is 9.59 Å². The van der Waals surface area contributed by atoms with Crippen LogP contribution < -0.4 is 5.32 Å². The molecule has 0 saturated heterocycles. The molecule has 0 radical (unpaired) electrons. The zero-order valence-electron chi connectivity index (χ0n) is 51.1. The molecule has 1 amide bonds. The largest absolute Gasteiger partial charge is 0.466 e. The number of allylic oxidation sites excluding steroid dienone is 2. The van der Waals surface area contributed by atoms with Gasteiger partial charge in [-0.15, -0.1) is 0 Å². The van der Waals surface area contributed by atoms with Crippen LogP contribution in [0, 0.1) is 0 Å². The average molecular weight is 1060 g/mol. The first-order valence-electron chi connectivity index (χ1n) is 34.4. The maximum atomic E-state index is 12.5. The summed E-state index contributed by atoms with van der Waals surface area (Å²) < 4.78 is 5.48. The molecule has 0 aliphatic carbocycles. The molecular weight excluding hydrogens is 923 g/mol. The van der Waals surface area contributed by atoms with Gasteiger partial charge >= 0.3 is 5.97 Å². The second-order valence-corrected chi connectivity index (χ2v) is 23.9. The van der Waals surface area contributed by atoms with E-state index in [9.17, 15) is 19.8 Å². The van der Waals surface area contributed by atoms with Crippen molar-refractivity contribution < 1.29 is 24.5 Å². The fraction of sp³-hybridized carbons (Fsp3) is 0.942. The Balaban J connectivity index is 3.40. The van der Waals surface area contributed by atoms with Crippen molar-refractivity contribution in [1.82, 2.24) is 5.32 Å². The van der Waals surface area contributed by atoms with E-state index in [-0.39, 0.29) is 18.5 Å². The van der Waals surface area contributed by atoms with E-state index in [2.05, 4.69) is 31.3 Å². The summed E-state index contributed by atoms with van der Waals surface area (Å²) in [5.41, 5.74) is 0. The highest BCUT2D eigenvalue weighted by Gasteiger charge is 2.20. The molecule has 0 aliphatic heterocycles. The van der Waals surface area contributed by atoms with Crippen molar-refractivity contribution in [3.63, 3.8) is 0 Å². The molecule has 3 N–H and O–H groups in total. The highest BCUT2D eigenvalue weighted by atomic mass is 16.5. The molecule has 0 fully saturated rings. The smallest absolute Gasteiger partial charge is 0.305 e. The molecule has 2 atom stereocenters. The van der Waals surface area contributed by atoms with Crippen LogP contribution in [0.4, 0.5) is 0 Å². The third-order valence-corrected chi connectivity index (χ3v) is 16.3. The van der Waals surface area contributed by atoms with Crippen LogP contribution in [0.5, 0.6) is 0 Å². The number of esters is 1. The Morgan fingerprint density at radius 3 is 0.947 bits per heavy atom. The molecule has 0 aromatic rings. The summed E-state index contributed by atoms with van der Waals surface area (Å²) in [6, 6.07) is -0.546. The molecule has 6 nitrogen and oxygen atoms in total. The molecule has 0 saturated carbocycles. The molecule has 0 heterocycles. The molecule has 0 rings (SSSR count). The molecule has 2 unspecified atom stereocenters. The number of carbonyl (C=O) groups is 2. The van der Waals surface area contributed by atoms with Crippen LogP contribution in [0.1, 0.15) is 393 Å². The molecule has 6 heteroatoms. The average Bonchev–Trinajstić information content (AvgIpc) is 3.41. The summed E-state index contributed by atoms with van der Waals surface area (Å²) in [6.07, 6.45) is 79.6. The Morgan fingerprint density at radius 1 is 0.360 bits per heavy atom. The van der Waals surface area contributed by atoms with Gasteiger partial charge < -0.3 is 20.3 Å². The second kappa shape index (κ2) is 65.1. The number of aliphatic hydroxyl groups is 2. The number of carbonyl (C=O) groups excluding carboxylic acids is 2. The van der Waals surface area contributed by atoms with Gasteiger partial charge in [0.1, 0.15) is 0 Å². The number of aliphatic hydroxyl groups excluding tert-OH is 2. The van der Waals surface area contributed by atoms with Crippen LogP contribution in [0.3, 0.4) is 0 Å². The van der Waals surface area contributed by atoms with Crippen LogP contribution in [0.15, 0.2) is 12.2 Å². The first-order chi connectivity index (χ1) is 37.0. The summed E-state index contributed by atoms with van der Waals surface area (Å²) in [5, 5.41) is 23.4. The van der Waals surface area contributed by atoms with Gasteiger partial charge in [-0.05, 0) is 51.4 Å². The van der Waals surface area contributed by atoms with E-state index in [1.165, 1.54) is 321 Å². The fourth-order valence-corrected chi connectivity index (χ4v) is 11.1. The van der Waals surface area contributed by atoms with Crippen molar-refractivity contribution in [1.29, 1.82) is 0 Å². The Bertz CT molecular complexity index is 1130. The Labute approximate surface area is 469 Å². The summed E-state index contributed by atoms with van der Waals surface area (Å²) in [5.74, 6) is -0.0223. The van der Waals surface area contributed by atoms with Gasteiger partial charge in [-0.25, -0.2) is 0 Å². The van der Waals surface area contributed by atoms with Crippen molar-refractivity contribution in [2.75, 3.05) is 13.2 Å². The fourth-order valence-electron chi connectivity index (χ4n) is 11.1. The zero-order chi connectivity index (χ0) is 54.3. The van der Waals surface area contributed by atoms with Crippen LogP contribution in [0.2, 0.25) is 0 Å². The van der Waals surface area contributed by atoms with Gasteiger partial charge in [-0.1, -0.05) is 341 Å². The number of amides is 1. The minimum atomic E-state index is -0.669. The topological polar surface area (TPSA) is 95.9 Å². The normalized spacial score (nSPS) is 12.5. The summed E-state index contributed by atoms with van der Waals surface area (Å²) in [4.78, 5) is 24.6. The van der Waals surface area contributed by atoms with Crippen LogP contribution in [0.25, 0.3) is 0 Å². The van der Waals surface area contributed by atoms with Gasteiger partial charge in [0.05, 0.1) is 25.4 Å². The maximum Gasteiger partial charge on any atom is 0.305 e. The van der Waals surface area contributed by atoms with Crippen molar-refractivity contribution in [3.8, 4) is 0 Å². The minimum absolute atomic E-state index is 0.0141. The number of ether oxygens (including phenoxy) is 1. The van der Waals surface area contributed by atoms with E-state index in [0.717, 1.165) is 38.5 Å². The Kier molecular flexibility index (Phi) is 63.9. The predicted molar refractivity (Wildman–Crippen MR) is 329 cm³/mol. The van der Waals surface area contributed by atoms with E-state index in [1.54, 1.807) is 0 Å². The number of rotatable bonds is 65. The lowest BCUT2D eigenvalue weighted by Crippen LogP contribution is -2.45. The third kappa shape index (κ3) is 61.7. The van der Waals surface area contributed by atoms with Crippen LogP contribution >= 0.6 is 0 Å². The second-order valence-electron chi connectivity index (χ2n) is 23.9. The molecular formula is C69H135NO5. The summed E-state index contributed by atoms with van der Waals surface area (Å²) in [7, 11) is 0. The van der Waals surface area contributed by atoms with Gasteiger partial charge in [0.25, 0.3) is 0 Å². The van der Waals surface area contributed by atoms with E-state index in [4.69, 9.17) is 4.74 Å². The van der Waals surface area contributed by atoms with E-state index < -0.39 is 12.1 Å². The molecule has 0 bridgehead atoms. The summed E-state index contributed by atoms with van der Waals surface area (Å²) in [6.45, 7) is 4.99. The predicted octanol–water partition coefficient (Wildman–Crippen LogP) is 22.0. The van der Waals surface area contributed by atoms with Crippen molar-refractivity contribution in [2.45, 2.75) is 405 Å². The number of hydrogen-bond acceptors (Lipinski definition) is 5. The molecule has 0 aliphatic rings. The standard InChI is InChI=1S/C69H135NO5/c1-3-5-7-9-11-13-15-17-18-19-20-21-25-28-31-34-38-41-45-49-53-57-61-67(72)66(65-71)70-68(73)62-58-54-50-46-42-39-35-32-29-26-23-22-24-27-30-33-36-40-44-48-52-56-60-64-75-69(74)63-59-55-51-47-43-37-16-14-12-10-8-6-4-2/h26,29,66-67,71-72H,3-25,27-28,30-65H2,1-2H3,(H,70,73)/b29-26-.